The predicted octanol–water partition coefficient (Wildman–Crippen LogP) is 4.08. The van der Waals surface area contributed by atoms with Gasteiger partial charge >= 0.3 is 5.97 Å². The summed E-state index contributed by atoms with van der Waals surface area (Å²) in [4.78, 5) is 23.7. The Morgan fingerprint density at radius 2 is 1.46 bits per heavy atom. The van der Waals surface area contributed by atoms with E-state index in [0.29, 0.717) is 6.42 Å². The van der Waals surface area contributed by atoms with Gasteiger partial charge in [-0.05, 0) is 28.3 Å². The summed E-state index contributed by atoms with van der Waals surface area (Å²) in [6.07, 6.45) is 0.691. The first kappa shape index (κ1) is 15.9. The highest BCUT2D eigenvalue weighted by molar-refractivity contribution is 6.33. The lowest BCUT2D eigenvalue weighted by Crippen LogP contribution is -2.17. The van der Waals surface area contributed by atoms with Crippen molar-refractivity contribution in [1.29, 1.82) is 0 Å². The van der Waals surface area contributed by atoms with Crippen LogP contribution in [-0.4, -0.2) is 11.8 Å². The molecule has 0 N–H and O–H groups in total. The monoisotopic (exact) mass is 318 g/mol. The number of esters is 1. The first-order valence-electron chi connectivity index (χ1n) is 7.94. The molecule has 0 saturated heterocycles. The summed E-state index contributed by atoms with van der Waals surface area (Å²) >= 11 is 0. The van der Waals surface area contributed by atoms with Gasteiger partial charge in [0.25, 0.3) is 0 Å². The molecule has 0 atom stereocenters. The molecule has 3 aromatic rings. The molecule has 0 radical (unpaired) electrons. The van der Waals surface area contributed by atoms with Gasteiger partial charge in [-0.3, -0.25) is 4.79 Å². The molecular formula is C21H18O3. The third-order valence-electron chi connectivity index (χ3n) is 3.90. The standard InChI is InChI=1S/C21H18O3/c22-20(21(23)24-15-17-6-2-1-3-7-17)13-11-16-10-12-18-8-4-5-9-19(18)14-16/h1-10,12,14H,11,13,15H2. The summed E-state index contributed by atoms with van der Waals surface area (Å²) in [6, 6.07) is 23.5. The molecule has 3 aromatic carbocycles. The molecule has 3 nitrogen and oxygen atoms in total. The summed E-state index contributed by atoms with van der Waals surface area (Å²) < 4.78 is 5.06. The first-order chi connectivity index (χ1) is 11.7. The summed E-state index contributed by atoms with van der Waals surface area (Å²) in [5, 5.41) is 2.30. The van der Waals surface area contributed by atoms with Crippen molar-refractivity contribution in [3.05, 3.63) is 83.9 Å². The van der Waals surface area contributed by atoms with Gasteiger partial charge in [-0.15, -0.1) is 0 Å². The van der Waals surface area contributed by atoms with Gasteiger partial charge in [-0.1, -0.05) is 72.8 Å². The minimum absolute atomic E-state index is 0.126. The molecule has 0 amide bonds. The predicted molar refractivity (Wildman–Crippen MR) is 93.5 cm³/mol. The summed E-state index contributed by atoms with van der Waals surface area (Å²) in [7, 11) is 0. The van der Waals surface area contributed by atoms with Crippen molar-refractivity contribution in [2.24, 2.45) is 0 Å². The zero-order valence-corrected chi connectivity index (χ0v) is 13.3. The smallest absolute Gasteiger partial charge is 0.374 e. The van der Waals surface area contributed by atoms with Crippen LogP contribution >= 0.6 is 0 Å². The summed E-state index contributed by atoms with van der Waals surface area (Å²) in [5.41, 5.74) is 1.91. The molecule has 0 aliphatic rings. The lowest BCUT2D eigenvalue weighted by Gasteiger charge is -2.05. The maximum atomic E-state index is 11.9. The Kier molecular flexibility index (Phi) is 5.02. The maximum Gasteiger partial charge on any atom is 0.374 e. The fourth-order valence-electron chi connectivity index (χ4n) is 2.56. The van der Waals surface area contributed by atoms with Crippen molar-refractivity contribution in [2.75, 3.05) is 0 Å². The van der Waals surface area contributed by atoms with E-state index in [0.717, 1.165) is 21.9 Å². The fraction of sp³-hybridized carbons (Fsp3) is 0.143. The van der Waals surface area contributed by atoms with Crippen molar-refractivity contribution < 1.29 is 14.3 Å². The first-order valence-corrected chi connectivity index (χ1v) is 7.94. The van der Waals surface area contributed by atoms with Gasteiger partial charge in [0.2, 0.25) is 5.78 Å². The molecule has 0 fully saturated rings. The topological polar surface area (TPSA) is 43.4 Å². The third-order valence-corrected chi connectivity index (χ3v) is 3.90. The summed E-state index contributed by atoms with van der Waals surface area (Å²) in [6.45, 7) is 0.126. The molecule has 0 spiro atoms. The van der Waals surface area contributed by atoms with Crippen LogP contribution in [0.1, 0.15) is 17.5 Å². The lowest BCUT2D eigenvalue weighted by atomic mass is 10.0. The van der Waals surface area contributed by atoms with Crippen LogP contribution in [0.2, 0.25) is 0 Å². The number of fused-ring (bicyclic) bond motifs is 1. The van der Waals surface area contributed by atoms with E-state index < -0.39 is 11.8 Å². The molecule has 0 unspecified atom stereocenters. The van der Waals surface area contributed by atoms with Crippen LogP contribution in [0.4, 0.5) is 0 Å². The number of carbonyl (C=O) groups is 2. The van der Waals surface area contributed by atoms with E-state index in [1.165, 1.54) is 0 Å². The van der Waals surface area contributed by atoms with Gasteiger partial charge in [0.15, 0.2) is 0 Å². The minimum atomic E-state index is -0.764. The highest BCUT2D eigenvalue weighted by atomic mass is 16.5. The van der Waals surface area contributed by atoms with Crippen molar-refractivity contribution in [3.63, 3.8) is 0 Å². The second-order valence-corrected chi connectivity index (χ2v) is 5.67. The molecule has 0 saturated carbocycles. The second kappa shape index (κ2) is 7.55. The number of aryl methyl sites for hydroxylation is 1. The number of ketones is 1. The Morgan fingerprint density at radius 1 is 0.750 bits per heavy atom. The maximum absolute atomic E-state index is 11.9. The van der Waals surface area contributed by atoms with E-state index in [-0.39, 0.29) is 13.0 Å². The number of hydrogen-bond acceptors (Lipinski definition) is 3. The number of rotatable bonds is 6. The van der Waals surface area contributed by atoms with E-state index in [2.05, 4.69) is 6.07 Å². The van der Waals surface area contributed by atoms with E-state index in [1.807, 2.05) is 66.7 Å². The molecular weight excluding hydrogens is 300 g/mol. The number of ether oxygens (including phenoxy) is 1. The number of carbonyl (C=O) groups excluding carboxylic acids is 2. The highest BCUT2D eigenvalue weighted by Gasteiger charge is 2.15. The number of benzene rings is 3. The van der Waals surface area contributed by atoms with E-state index in [4.69, 9.17) is 4.74 Å². The second-order valence-electron chi connectivity index (χ2n) is 5.67. The largest absolute Gasteiger partial charge is 0.455 e. The summed E-state index contributed by atoms with van der Waals surface area (Å²) in [5.74, 6) is -1.25. The van der Waals surface area contributed by atoms with E-state index in [9.17, 15) is 9.59 Å². The van der Waals surface area contributed by atoms with Gasteiger partial charge in [-0.2, -0.15) is 0 Å². The van der Waals surface area contributed by atoms with E-state index in [1.54, 1.807) is 0 Å². The van der Waals surface area contributed by atoms with Crippen LogP contribution < -0.4 is 0 Å². The van der Waals surface area contributed by atoms with Crippen molar-refractivity contribution in [3.8, 4) is 0 Å². The van der Waals surface area contributed by atoms with Crippen LogP contribution in [0, 0.1) is 0 Å². The lowest BCUT2D eigenvalue weighted by molar-refractivity contribution is -0.154. The van der Waals surface area contributed by atoms with E-state index >= 15 is 0 Å². The molecule has 0 bridgehead atoms. The Morgan fingerprint density at radius 3 is 2.25 bits per heavy atom. The van der Waals surface area contributed by atoms with Crippen LogP contribution in [0.15, 0.2) is 72.8 Å². The van der Waals surface area contributed by atoms with Gasteiger partial charge in [-0.25, -0.2) is 4.79 Å². The zero-order chi connectivity index (χ0) is 16.8. The zero-order valence-electron chi connectivity index (χ0n) is 13.3. The quantitative estimate of drug-likeness (QED) is 0.508. The average molecular weight is 318 g/mol. The highest BCUT2D eigenvalue weighted by Crippen LogP contribution is 2.16. The molecule has 0 aliphatic heterocycles. The van der Waals surface area contributed by atoms with Crippen LogP contribution in [0.5, 0.6) is 0 Å². The molecule has 3 rings (SSSR count). The number of hydrogen-bond donors (Lipinski definition) is 0. The fourth-order valence-corrected chi connectivity index (χ4v) is 2.56. The molecule has 3 heteroatoms. The minimum Gasteiger partial charge on any atom is -0.455 e. The molecule has 0 aliphatic carbocycles. The SMILES string of the molecule is O=C(CCc1ccc2ccccc2c1)C(=O)OCc1ccccc1. The van der Waals surface area contributed by atoms with Crippen LogP contribution in [-0.2, 0) is 27.4 Å². The molecule has 0 heterocycles. The normalized spacial score (nSPS) is 10.5. The Hall–Kier alpha value is -2.94. The molecule has 0 aromatic heterocycles. The van der Waals surface area contributed by atoms with Crippen molar-refractivity contribution >= 4 is 22.5 Å². The average Bonchev–Trinajstić information content (AvgIpc) is 2.64. The van der Waals surface area contributed by atoms with Gasteiger partial charge in [0.05, 0.1) is 0 Å². The van der Waals surface area contributed by atoms with Crippen molar-refractivity contribution in [2.45, 2.75) is 19.4 Å². The van der Waals surface area contributed by atoms with Crippen LogP contribution in [0.25, 0.3) is 10.8 Å². The Bertz CT molecular complexity index is 853. The van der Waals surface area contributed by atoms with Gasteiger partial charge < -0.3 is 4.74 Å². The third kappa shape index (κ3) is 4.07. The van der Waals surface area contributed by atoms with Gasteiger partial charge in [0.1, 0.15) is 6.61 Å². The van der Waals surface area contributed by atoms with Gasteiger partial charge in [0, 0.05) is 6.42 Å². The molecule has 24 heavy (non-hydrogen) atoms. The Balaban J connectivity index is 1.53. The van der Waals surface area contributed by atoms with Crippen LogP contribution in [0.3, 0.4) is 0 Å². The molecule has 120 valence electrons. The van der Waals surface area contributed by atoms with Crippen molar-refractivity contribution in [1.82, 2.24) is 0 Å². The number of Topliss-reactive ketones (excluding diaryl/α,β-unsaturated/α-hetero) is 1. The Labute approximate surface area is 140 Å².